The van der Waals surface area contributed by atoms with Crippen molar-refractivity contribution in [1.29, 1.82) is 0 Å². The first-order chi connectivity index (χ1) is 16.1. The zero-order valence-electron chi connectivity index (χ0n) is 18.2. The van der Waals surface area contributed by atoms with Gasteiger partial charge in [-0.2, -0.15) is 0 Å². The van der Waals surface area contributed by atoms with Crippen LogP contribution < -0.4 is 10.2 Å². The predicted molar refractivity (Wildman–Crippen MR) is 116 cm³/mol. The summed E-state index contributed by atoms with van der Waals surface area (Å²) in [4.78, 5) is 53.0. The zero-order valence-corrected chi connectivity index (χ0v) is 18.2. The van der Waals surface area contributed by atoms with Gasteiger partial charge in [-0.1, -0.05) is 12.1 Å². The van der Waals surface area contributed by atoms with Crippen LogP contribution in [0.25, 0.3) is 0 Å². The number of nitro groups is 1. The number of para-hydroxylation sites is 2. The maximum atomic E-state index is 14.3. The number of nitrogens with zero attached hydrogens (tertiary/aromatic N) is 4. The van der Waals surface area contributed by atoms with Crippen LogP contribution in [0.1, 0.15) is 12.5 Å². The van der Waals surface area contributed by atoms with Gasteiger partial charge in [0.15, 0.2) is 0 Å². The number of nitro benzene ring substituents is 1. The van der Waals surface area contributed by atoms with E-state index in [-0.39, 0.29) is 24.3 Å². The zero-order chi connectivity index (χ0) is 24.6. The minimum atomic E-state index is -1.85. The van der Waals surface area contributed by atoms with Gasteiger partial charge in [0.05, 0.1) is 4.92 Å². The molecule has 10 nitrogen and oxygen atoms in total. The van der Waals surface area contributed by atoms with E-state index in [0.29, 0.717) is 23.7 Å². The highest BCUT2D eigenvalue weighted by atomic mass is 19.1. The first kappa shape index (κ1) is 23.1. The second kappa shape index (κ2) is 8.69. The molecule has 1 N–H and O–H groups in total. The number of rotatable bonds is 5. The number of imide groups is 1. The summed E-state index contributed by atoms with van der Waals surface area (Å²) in [5.41, 5.74) is -1.78. The number of amides is 4. The Hall–Kier alpha value is -4.09. The molecule has 0 radical (unpaired) electrons. The normalized spacial score (nSPS) is 20.5. The van der Waals surface area contributed by atoms with E-state index in [4.69, 9.17) is 0 Å². The molecule has 0 saturated carbocycles. The molecule has 0 aromatic heterocycles. The third-order valence-corrected chi connectivity index (χ3v) is 6.09. The largest absolute Gasteiger partial charge is 0.362 e. The number of benzene rings is 2. The monoisotopic (exact) mass is 473 g/mol. The summed E-state index contributed by atoms with van der Waals surface area (Å²) >= 11 is 0. The SMILES string of the molecule is CC1(c2cc(F)ccc2F)NC(=O)N(CC(=O)N2CCN(c3ccccc3[N+](=O)[O-])CC2)C1=O. The smallest absolute Gasteiger partial charge is 0.325 e. The molecule has 2 aromatic carbocycles. The molecule has 0 bridgehead atoms. The van der Waals surface area contributed by atoms with Crippen LogP contribution in [0.2, 0.25) is 0 Å². The first-order valence-electron chi connectivity index (χ1n) is 10.5. The van der Waals surface area contributed by atoms with E-state index in [0.717, 1.165) is 18.2 Å². The molecular weight excluding hydrogens is 452 g/mol. The van der Waals surface area contributed by atoms with E-state index in [9.17, 15) is 33.3 Å². The molecule has 0 spiro atoms. The fourth-order valence-corrected chi connectivity index (χ4v) is 4.22. The number of hydrogen-bond acceptors (Lipinski definition) is 6. The molecule has 2 fully saturated rings. The molecule has 2 aromatic rings. The number of nitrogens with one attached hydrogen (secondary N) is 1. The summed E-state index contributed by atoms with van der Waals surface area (Å²) in [6, 6.07) is 8.01. The van der Waals surface area contributed by atoms with Gasteiger partial charge < -0.3 is 15.1 Å². The minimum absolute atomic E-state index is 0.0366. The van der Waals surface area contributed by atoms with Gasteiger partial charge in [-0.15, -0.1) is 0 Å². The Morgan fingerprint density at radius 1 is 1.12 bits per heavy atom. The van der Waals surface area contributed by atoms with Crippen molar-refractivity contribution in [2.45, 2.75) is 12.5 Å². The van der Waals surface area contributed by atoms with Crippen molar-refractivity contribution in [2.24, 2.45) is 0 Å². The summed E-state index contributed by atoms with van der Waals surface area (Å²) in [6.45, 7) is 1.78. The van der Waals surface area contributed by atoms with Gasteiger partial charge in [0.2, 0.25) is 5.91 Å². The number of urea groups is 1. The van der Waals surface area contributed by atoms with E-state index in [1.54, 1.807) is 23.1 Å². The lowest BCUT2D eigenvalue weighted by Gasteiger charge is -2.36. The maximum Gasteiger partial charge on any atom is 0.325 e. The topological polar surface area (TPSA) is 116 Å². The van der Waals surface area contributed by atoms with Crippen molar-refractivity contribution in [3.8, 4) is 0 Å². The Kier molecular flexibility index (Phi) is 5.90. The van der Waals surface area contributed by atoms with Gasteiger partial charge in [-0.25, -0.2) is 13.6 Å². The van der Waals surface area contributed by atoms with E-state index in [1.165, 1.54) is 17.9 Å². The fraction of sp³-hybridized carbons (Fsp3) is 0.318. The molecule has 2 aliphatic heterocycles. The lowest BCUT2D eigenvalue weighted by molar-refractivity contribution is -0.384. The Labute approximate surface area is 192 Å². The summed E-state index contributed by atoms with van der Waals surface area (Å²) in [5, 5.41) is 13.6. The van der Waals surface area contributed by atoms with Crippen molar-refractivity contribution in [3.63, 3.8) is 0 Å². The van der Waals surface area contributed by atoms with Crippen molar-refractivity contribution >= 4 is 29.2 Å². The van der Waals surface area contributed by atoms with E-state index in [2.05, 4.69) is 5.32 Å². The second-order valence-corrected chi connectivity index (χ2v) is 8.18. The summed E-state index contributed by atoms with van der Waals surface area (Å²) in [7, 11) is 0. The molecule has 2 aliphatic rings. The van der Waals surface area contributed by atoms with Crippen LogP contribution in [0.15, 0.2) is 42.5 Å². The molecule has 2 heterocycles. The van der Waals surface area contributed by atoms with Gasteiger partial charge in [0.25, 0.3) is 11.6 Å². The van der Waals surface area contributed by atoms with Crippen molar-refractivity contribution in [1.82, 2.24) is 15.1 Å². The highest BCUT2D eigenvalue weighted by Gasteiger charge is 2.51. The summed E-state index contributed by atoms with van der Waals surface area (Å²) in [6.07, 6.45) is 0. The number of anilines is 1. The summed E-state index contributed by atoms with van der Waals surface area (Å²) in [5.74, 6) is -3.01. The molecule has 0 aliphatic carbocycles. The molecular formula is C22H21F2N5O5. The van der Waals surface area contributed by atoms with Crippen LogP contribution in [0, 0.1) is 21.7 Å². The molecule has 1 unspecified atom stereocenters. The van der Waals surface area contributed by atoms with Crippen LogP contribution in [0.5, 0.6) is 0 Å². The van der Waals surface area contributed by atoms with Gasteiger partial charge in [0.1, 0.15) is 29.4 Å². The first-order valence-corrected chi connectivity index (χ1v) is 10.5. The van der Waals surface area contributed by atoms with Crippen LogP contribution in [0.3, 0.4) is 0 Å². The van der Waals surface area contributed by atoms with E-state index >= 15 is 0 Å². The third-order valence-electron chi connectivity index (χ3n) is 6.09. The molecule has 2 saturated heterocycles. The van der Waals surface area contributed by atoms with Crippen LogP contribution in [0.4, 0.5) is 25.0 Å². The van der Waals surface area contributed by atoms with Crippen molar-refractivity contribution < 1.29 is 28.1 Å². The Bertz CT molecular complexity index is 1180. The second-order valence-electron chi connectivity index (χ2n) is 8.18. The van der Waals surface area contributed by atoms with E-state index in [1.807, 2.05) is 0 Å². The Morgan fingerprint density at radius 2 is 1.79 bits per heavy atom. The third kappa shape index (κ3) is 4.02. The van der Waals surface area contributed by atoms with E-state index < -0.39 is 46.5 Å². The summed E-state index contributed by atoms with van der Waals surface area (Å²) < 4.78 is 28.0. The highest BCUT2D eigenvalue weighted by molar-refractivity contribution is 6.09. The Morgan fingerprint density at radius 3 is 2.47 bits per heavy atom. The maximum absolute atomic E-state index is 14.3. The molecule has 4 rings (SSSR count). The molecule has 178 valence electrons. The van der Waals surface area contributed by atoms with Gasteiger partial charge >= 0.3 is 6.03 Å². The number of piperazine rings is 1. The Balaban J connectivity index is 1.43. The number of hydrogen-bond donors (Lipinski definition) is 1. The van der Waals surface area contributed by atoms with Gasteiger partial charge in [-0.3, -0.25) is 24.6 Å². The molecule has 34 heavy (non-hydrogen) atoms. The van der Waals surface area contributed by atoms with Gasteiger partial charge in [0, 0.05) is 37.8 Å². The van der Waals surface area contributed by atoms with Crippen molar-refractivity contribution in [3.05, 3.63) is 69.8 Å². The minimum Gasteiger partial charge on any atom is -0.362 e. The average molecular weight is 473 g/mol. The van der Waals surface area contributed by atoms with Crippen molar-refractivity contribution in [2.75, 3.05) is 37.6 Å². The average Bonchev–Trinajstić information content (AvgIpc) is 3.04. The highest BCUT2D eigenvalue weighted by Crippen LogP contribution is 2.32. The van der Waals surface area contributed by atoms with Gasteiger partial charge in [-0.05, 0) is 31.2 Å². The fourth-order valence-electron chi connectivity index (χ4n) is 4.22. The number of halogens is 2. The number of carbonyl (C=O) groups is 3. The van der Waals surface area contributed by atoms with Crippen LogP contribution >= 0.6 is 0 Å². The predicted octanol–water partition coefficient (Wildman–Crippen LogP) is 1.99. The molecule has 1 atom stereocenters. The molecule has 12 heteroatoms. The van der Waals surface area contributed by atoms with Crippen LogP contribution in [-0.4, -0.2) is 65.3 Å². The number of carbonyl (C=O) groups excluding carboxylic acids is 3. The lowest BCUT2D eigenvalue weighted by Crippen LogP contribution is -2.52. The van der Waals surface area contributed by atoms with Crippen LogP contribution in [-0.2, 0) is 15.1 Å². The lowest BCUT2D eigenvalue weighted by atomic mass is 9.91. The molecule has 4 amide bonds. The standard InChI is InChI=1S/C22H21F2N5O5/c1-22(15-12-14(23)6-7-16(15)24)20(31)28(21(32)25-22)13-19(30)27-10-8-26(9-11-27)17-4-2-3-5-18(17)29(33)34/h2-7,12H,8-11,13H2,1H3,(H,25,32). The quantitative estimate of drug-likeness (QED) is 0.403.